The van der Waals surface area contributed by atoms with E-state index < -0.39 is 0 Å². The van der Waals surface area contributed by atoms with E-state index in [0.717, 1.165) is 19.5 Å². The Morgan fingerprint density at radius 1 is 1.61 bits per heavy atom. The highest BCUT2D eigenvalue weighted by atomic mass is 35.5. The number of rotatable bonds is 3. The van der Waals surface area contributed by atoms with E-state index in [1.165, 1.54) is 12.3 Å². The number of amides is 1. The summed E-state index contributed by atoms with van der Waals surface area (Å²) < 4.78 is 0. The van der Waals surface area contributed by atoms with Crippen LogP contribution in [-0.2, 0) is 4.79 Å². The van der Waals surface area contributed by atoms with Crippen molar-refractivity contribution in [2.24, 2.45) is 5.73 Å². The van der Waals surface area contributed by atoms with Gasteiger partial charge in [0, 0.05) is 25.3 Å². The number of anilines is 1. The van der Waals surface area contributed by atoms with Gasteiger partial charge in [-0.3, -0.25) is 9.69 Å². The lowest BCUT2D eigenvalue weighted by Crippen LogP contribution is -2.33. The summed E-state index contributed by atoms with van der Waals surface area (Å²) in [7, 11) is 0. The van der Waals surface area contributed by atoms with E-state index in [-0.39, 0.29) is 11.9 Å². The number of carbonyl (C=O) groups excluding carboxylic acids is 1. The van der Waals surface area contributed by atoms with Gasteiger partial charge in [0.15, 0.2) is 5.82 Å². The number of hydrogen-bond donors (Lipinski definition) is 2. The molecule has 98 valence electrons. The number of hydrogen-bond acceptors (Lipinski definition) is 4. The summed E-state index contributed by atoms with van der Waals surface area (Å²) in [4.78, 5) is 17.8. The molecule has 1 aliphatic rings. The number of nitrogens with one attached hydrogen (secondary N) is 1. The van der Waals surface area contributed by atoms with E-state index >= 15 is 0 Å². The number of nitrogens with zero attached hydrogens (tertiary/aromatic N) is 2. The topological polar surface area (TPSA) is 71.2 Å². The Hall–Kier alpha value is -0.880. The summed E-state index contributed by atoms with van der Waals surface area (Å²) in [5, 5.41) is 3.42. The molecule has 1 atom stereocenters. The Morgan fingerprint density at radius 2 is 2.39 bits per heavy atom. The molecule has 0 radical (unpaired) electrons. The third-order valence-electron chi connectivity index (χ3n) is 2.74. The third-order valence-corrected chi connectivity index (χ3v) is 3.24. The maximum atomic E-state index is 11.8. The first kappa shape index (κ1) is 13.5. The molecule has 2 rings (SSSR count). The Bertz CT molecular complexity index is 455. The molecule has 0 bridgehead atoms. The Morgan fingerprint density at radius 3 is 3.00 bits per heavy atom. The second-order valence-corrected chi connectivity index (χ2v) is 5.16. The van der Waals surface area contributed by atoms with Gasteiger partial charge in [0.05, 0.1) is 16.6 Å². The molecule has 0 spiro atoms. The number of aromatic nitrogens is 1. The predicted molar refractivity (Wildman–Crippen MR) is 71.9 cm³/mol. The lowest BCUT2D eigenvalue weighted by molar-refractivity contribution is -0.117. The van der Waals surface area contributed by atoms with Crippen molar-refractivity contribution in [3.05, 3.63) is 22.3 Å². The Labute approximate surface area is 115 Å². The molecule has 2 heterocycles. The van der Waals surface area contributed by atoms with E-state index in [2.05, 4.69) is 10.3 Å². The first-order valence-corrected chi connectivity index (χ1v) is 6.39. The molecule has 18 heavy (non-hydrogen) atoms. The summed E-state index contributed by atoms with van der Waals surface area (Å²) in [6.45, 7) is 1.89. The minimum atomic E-state index is -0.152. The molecular weight excluding hydrogens is 275 g/mol. The molecule has 0 aliphatic carbocycles. The van der Waals surface area contributed by atoms with Gasteiger partial charge in [-0.05, 0) is 12.5 Å². The molecule has 0 saturated carbocycles. The number of pyridine rings is 1. The molecule has 1 unspecified atom stereocenters. The Kier molecular flexibility index (Phi) is 4.40. The van der Waals surface area contributed by atoms with Crippen LogP contribution in [0.3, 0.4) is 0 Å². The van der Waals surface area contributed by atoms with Crippen molar-refractivity contribution in [3.63, 3.8) is 0 Å². The quantitative estimate of drug-likeness (QED) is 0.881. The fraction of sp³-hybridized carbons (Fsp3) is 0.455. The van der Waals surface area contributed by atoms with Gasteiger partial charge in [0.2, 0.25) is 5.91 Å². The van der Waals surface area contributed by atoms with Gasteiger partial charge in [0.1, 0.15) is 0 Å². The van der Waals surface area contributed by atoms with E-state index in [1.54, 1.807) is 0 Å². The second-order valence-electron chi connectivity index (χ2n) is 4.32. The van der Waals surface area contributed by atoms with Crippen LogP contribution in [0.15, 0.2) is 12.3 Å². The number of nitrogens with two attached hydrogens (primary N) is 1. The van der Waals surface area contributed by atoms with Gasteiger partial charge in [-0.1, -0.05) is 23.2 Å². The minimum absolute atomic E-state index is 0.152. The van der Waals surface area contributed by atoms with Crippen LogP contribution in [0.5, 0.6) is 0 Å². The number of carbonyl (C=O) groups is 1. The summed E-state index contributed by atoms with van der Waals surface area (Å²) in [6, 6.07) is 1.70. The summed E-state index contributed by atoms with van der Waals surface area (Å²) in [5.41, 5.74) is 5.77. The molecule has 1 saturated heterocycles. The molecular formula is C11H14Cl2N4O. The molecule has 7 heteroatoms. The maximum Gasteiger partial charge on any atom is 0.239 e. The fourth-order valence-corrected chi connectivity index (χ4v) is 2.31. The minimum Gasteiger partial charge on any atom is -0.326 e. The molecule has 1 aromatic heterocycles. The second kappa shape index (κ2) is 5.84. The SMILES string of the molecule is NC1CCN(CC(=O)Nc2ncc(Cl)cc2Cl)C1. The zero-order chi connectivity index (χ0) is 13.1. The lowest BCUT2D eigenvalue weighted by Gasteiger charge is -2.14. The third kappa shape index (κ3) is 3.55. The van der Waals surface area contributed by atoms with Crippen LogP contribution >= 0.6 is 23.2 Å². The Balaban J connectivity index is 1.91. The van der Waals surface area contributed by atoms with E-state index in [9.17, 15) is 4.79 Å². The van der Waals surface area contributed by atoms with Gasteiger partial charge in [-0.2, -0.15) is 0 Å². The lowest BCUT2D eigenvalue weighted by atomic mass is 10.3. The van der Waals surface area contributed by atoms with Gasteiger partial charge in [0.25, 0.3) is 0 Å². The van der Waals surface area contributed by atoms with Crippen molar-refractivity contribution in [2.45, 2.75) is 12.5 Å². The van der Waals surface area contributed by atoms with Crippen molar-refractivity contribution in [1.82, 2.24) is 9.88 Å². The molecule has 5 nitrogen and oxygen atoms in total. The monoisotopic (exact) mass is 288 g/mol. The van der Waals surface area contributed by atoms with Crippen LogP contribution < -0.4 is 11.1 Å². The molecule has 3 N–H and O–H groups in total. The zero-order valence-corrected chi connectivity index (χ0v) is 11.2. The molecule has 1 amide bonds. The van der Waals surface area contributed by atoms with Crippen molar-refractivity contribution in [1.29, 1.82) is 0 Å². The van der Waals surface area contributed by atoms with Crippen LogP contribution in [0, 0.1) is 0 Å². The normalized spacial score (nSPS) is 20.1. The zero-order valence-electron chi connectivity index (χ0n) is 9.70. The average Bonchev–Trinajstić information content (AvgIpc) is 2.68. The van der Waals surface area contributed by atoms with Crippen LogP contribution in [0.25, 0.3) is 0 Å². The van der Waals surface area contributed by atoms with Crippen LogP contribution in [0.1, 0.15) is 6.42 Å². The number of likely N-dealkylation sites (tertiary alicyclic amines) is 1. The predicted octanol–water partition coefficient (Wildman–Crippen LogP) is 1.36. The van der Waals surface area contributed by atoms with E-state index in [4.69, 9.17) is 28.9 Å². The van der Waals surface area contributed by atoms with Crippen molar-refractivity contribution in [2.75, 3.05) is 25.0 Å². The van der Waals surface area contributed by atoms with Gasteiger partial charge >= 0.3 is 0 Å². The molecule has 1 aliphatic heterocycles. The summed E-state index contributed by atoms with van der Waals surface area (Å²) in [5.74, 6) is 0.176. The first-order valence-electron chi connectivity index (χ1n) is 5.63. The van der Waals surface area contributed by atoms with Crippen molar-refractivity contribution < 1.29 is 4.79 Å². The van der Waals surface area contributed by atoms with Crippen LogP contribution in [0.4, 0.5) is 5.82 Å². The van der Waals surface area contributed by atoms with E-state index in [0.29, 0.717) is 22.4 Å². The summed E-state index contributed by atoms with van der Waals surface area (Å²) in [6.07, 6.45) is 2.36. The van der Waals surface area contributed by atoms with Gasteiger partial charge < -0.3 is 11.1 Å². The van der Waals surface area contributed by atoms with E-state index in [1.807, 2.05) is 4.90 Å². The molecule has 1 aromatic rings. The van der Waals surface area contributed by atoms with Crippen molar-refractivity contribution in [3.8, 4) is 0 Å². The maximum absolute atomic E-state index is 11.8. The molecule has 0 aromatic carbocycles. The average molecular weight is 289 g/mol. The van der Waals surface area contributed by atoms with Crippen LogP contribution in [-0.4, -0.2) is 41.5 Å². The highest BCUT2D eigenvalue weighted by Crippen LogP contribution is 2.22. The van der Waals surface area contributed by atoms with Gasteiger partial charge in [-0.15, -0.1) is 0 Å². The largest absolute Gasteiger partial charge is 0.326 e. The highest BCUT2D eigenvalue weighted by molar-refractivity contribution is 6.36. The smallest absolute Gasteiger partial charge is 0.239 e. The number of halogens is 2. The van der Waals surface area contributed by atoms with Crippen LogP contribution in [0.2, 0.25) is 10.0 Å². The summed E-state index contributed by atoms with van der Waals surface area (Å²) >= 11 is 11.6. The van der Waals surface area contributed by atoms with Crippen molar-refractivity contribution >= 4 is 34.9 Å². The highest BCUT2D eigenvalue weighted by Gasteiger charge is 2.21. The van der Waals surface area contributed by atoms with Gasteiger partial charge in [-0.25, -0.2) is 4.98 Å². The molecule has 1 fully saturated rings. The first-order chi connectivity index (χ1) is 8.54. The fourth-order valence-electron chi connectivity index (χ4n) is 1.89. The standard InChI is InChI=1S/C11H14Cl2N4O/c12-7-3-9(13)11(15-4-7)16-10(18)6-17-2-1-8(14)5-17/h3-4,8H,1-2,5-6,14H2,(H,15,16,18).